The zero-order valence-corrected chi connectivity index (χ0v) is 20.6. The van der Waals surface area contributed by atoms with Crippen molar-refractivity contribution in [2.24, 2.45) is 12.8 Å². The van der Waals surface area contributed by atoms with Crippen molar-refractivity contribution in [3.8, 4) is 11.4 Å². The SMILES string of the molecule is C[C@@H](NC(=O)c1c[nH]c2ncc(-c3nn(C)c4cc(C(C)(C)C)ccc34)nc12)C(=O)N1CC(N)C1. The fourth-order valence-corrected chi connectivity index (χ4v) is 4.39. The van der Waals surface area contributed by atoms with Crippen LogP contribution < -0.4 is 11.1 Å². The van der Waals surface area contributed by atoms with E-state index >= 15 is 0 Å². The molecule has 1 saturated heterocycles. The van der Waals surface area contributed by atoms with Gasteiger partial charge in [-0.2, -0.15) is 5.10 Å². The minimum absolute atomic E-state index is 0.00638. The molecule has 0 saturated carbocycles. The van der Waals surface area contributed by atoms with Crippen molar-refractivity contribution in [3.05, 3.63) is 41.7 Å². The molecule has 0 aliphatic carbocycles. The average molecular weight is 475 g/mol. The molecule has 0 spiro atoms. The maximum atomic E-state index is 13.0. The third kappa shape index (κ3) is 4.03. The topological polar surface area (TPSA) is 135 Å². The minimum atomic E-state index is -0.673. The van der Waals surface area contributed by atoms with Gasteiger partial charge < -0.3 is 20.9 Å². The highest BCUT2D eigenvalue weighted by atomic mass is 16.2. The maximum absolute atomic E-state index is 13.0. The number of nitrogens with zero attached hydrogens (tertiary/aromatic N) is 5. The highest BCUT2D eigenvalue weighted by Gasteiger charge is 2.31. The van der Waals surface area contributed by atoms with Gasteiger partial charge in [0.25, 0.3) is 5.91 Å². The number of benzene rings is 1. The summed E-state index contributed by atoms with van der Waals surface area (Å²) in [6.07, 6.45) is 3.21. The Morgan fingerprint density at radius 3 is 2.69 bits per heavy atom. The van der Waals surface area contributed by atoms with Crippen molar-refractivity contribution in [2.45, 2.75) is 45.2 Å². The largest absolute Gasteiger partial charge is 0.344 e. The summed E-state index contributed by atoms with van der Waals surface area (Å²) < 4.78 is 1.84. The van der Waals surface area contributed by atoms with E-state index in [4.69, 9.17) is 15.8 Å². The molecular formula is C25H30N8O2. The number of rotatable bonds is 4. The second-order valence-electron chi connectivity index (χ2n) is 10.3. The van der Waals surface area contributed by atoms with Gasteiger partial charge in [-0.15, -0.1) is 0 Å². The Labute approximate surface area is 202 Å². The Morgan fingerprint density at radius 1 is 1.26 bits per heavy atom. The van der Waals surface area contributed by atoms with Crippen molar-refractivity contribution >= 4 is 33.9 Å². The number of hydrogen-bond donors (Lipinski definition) is 3. The number of aromatic amines is 1. The quantitative estimate of drug-likeness (QED) is 0.415. The lowest BCUT2D eigenvalue weighted by Gasteiger charge is -2.38. The number of amides is 2. The third-order valence-electron chi connectivity index (χ3n) is 6.53. The number of fused-ring (bicyclic) bond motifs is 2. The van der Waals surface area contributed by atoms with E-state index in [1.807, 2.05) is 11.7 Å². The fourth-order valence-electron chi connectivity index (χ4n) is 4.39. The van der Waals surface area contributed by atoms with E-state index in [2.05, 4.69) is 54.3 Å². The van der Waals surface area contributed by atoms with Crippen LogP contribution in [-0.2, 0) is 17.3 Å². The Morgan fingerprint density at radius 2 is 2.00 bits per heavy atom. The van der Waals surface area contributed by atoms with Crippen LogP contribution in [0.15, 0.2) is 30.6 Å². The maximum Gasteiger partial charge on any atom is 0.255 e. The molecule has 1 aliphatic rings. The number of aryl methyl sites for hydroxylation is 1. The van der Waals surface area contributed by atoms with Crippen LogP contribution in [0.3, 0.4) is 0 Å². The summed E-state index contributed by atoms with van der Waals surface area (Å²) in [5.74, 6) is -0.546. The van der Waals surface area contributed by atoms with Crippen LogP contribution in [0, 0.1) is 0 Å². The molecule has 1 aromatic carbocycles. The zero-order chi connectivity index (χ0) is 25.1. The van der Waals surface area contributed by atoms with Gasteiger partial charge in [0, 0.05) is 37.8 Å². The summed E-state index contributed by atoms with van der Waals surface area (Å²) in [6, 6.07) is 5.65. The van der Waals surface area contributed by atoms with Gasteiger partial charge in [0.05, 0.1) is 17.3 Å². The van der Waals surface area contributed by atoms with Crippen molar-refractivity contribution < 1.29 is 9.59 Å². The van der Waals surface area contributed by atoms with Crippen LogP contribution in [0.25, 0.3) is 33.5 Å². The Kier molecular flexibility index (Phi) is 5.36. The van der Waals surface area contributed by atoms with Gasteiger partial charge >= 0.3 is 0 Å². The van der Waals surface area contributed by atoms with Crippen LogP contribution in [0.1, 0.15) is 43.6 Å². The monoisotopic (exact) mass is 474 g/mol. The summed E-state index contributed by atoms with van der Waals surface area (Å²) in [4.78, 5) is 39.4. The van der Waals surface area contributed by atoms with Gasteiger partial charge in [-0.05, 0) is 24.0 Å². The predicted molar refractivity (Wildman–Crippen MR) is 134 cm³/mol. The van der Waals surface area contributed by atoms with Crippen LogP contribution in [-0.4, -0.2) is 66.6 Å². The molecule has 3 aromatic heterocycles. The highest BCUT2D eigenvalue weighted by Crippen LogP contribution is 2.31. The van der Waals surface area contributed by atoms with E-state index in [-0.39, 0.29) is 17.4 Å². The average Bonchev–Trinajstić information content (AvgIpc) is 3.36. The molecule has 1 aliphatic heterocycles. The molecule has 10 heteroatoms. The lowest BCUT2D eigenvalue weighted by atomic mass is 9.86. The van der Waals surface area contributed by atoms with Crippen molar-refractivity contribution in [1.82, 2.24) is 34.9 Å². The first kappa shape index (κ1) is 23.0. The lowest BCUT2D eigenvalue weighted by molar-refractivity contribution is -0.137. The van der Waals surface area contributed by atoms with Gasteiger partial charge in [-0.25, -0.2) is 9.97 Å². The van der Waals surface area contributed by atoms with Gasteiger partial charge in [0.1, 0.15) is 22.9 Å². The standard InChI is InChI=1S/C25H30N8O2/c1-13(24(35)33-11-15(26)12-33)29-23(34)17-9-27-22-21(17)30-18(10-28-22)20-16-7-6-14(25(2,3)4)8-19(16)32(5)31-20/h6-10,13,15H,11-12,26H2,1-5H3,(H,27,28)(H,29,34)/t13-/m1/s1. The van der Waals surface area contributed by atoms with Crippen molar-refractivity contribution in [3.63, 3.8) is 0 Å². The van der Waals surface area contributed by atoms with Crippen molar-refractivity contribution in [1.29, 1.82) is 0 Å². The third-order valence-corrected chi connectivity index (χ3v) is 6.53. The predicted octanol–water partition coefficient (Wildman–Crippen LogP) is 2.10. The van der Waals surface area contributed by atoms with Crippen LogP contribution >= 0.6 is 0 Å². The number of H-pyrrole nitrogens is 1. The molecule has 35 heavy (non-hydrogen) atoms. The van der Waals surface area contributed by atoms with Gasteiger partial charge in [0.2, 0.25) is 5.91 Å². The molecule has 0 radical (unpaired) electrons. The second kappa shape index (κ2) is 8.16. The van der Waals surface area contributed by atoms with E-state index in [1.165, 1.54) is 5.56 Å². The smallest absolute Gasteiger partial charge is 0.255 e. The van der Waals surface area contributed by atoms with Gasteiger partial charge in [-0.1, -0.05) is 32.9 Å². The molecule has 10 nitrogen and oxygen atoms in total. The number of aromatic nitrogens is 5. The minimum Gasteiger partial charge on any atom is -0.344 e. The normalized spacial score (nSPS) is 15.4. The molecule has 4 N–H and O–H groups in total. The number of carbonyl (C=O) groups is 2. The number of carbonyl (C=O) groups excluding carboxylic acids is 2. The molecule has 182 valence electrons. The number of nitrogens with one attached hydrogen (secondary N) is 2. The fraction of sp³-hybridized carbons (Fsp3) is 0.400. The zero-order valence-electron chi connectivity index (χ0n) is 20.6. The summed E-state index contributed by atoms with van der Waals surface area (Å²) in [7, 11) is 1.91. The Hall–Kier alpha value is -3.79. The summed E-state index contributed by atoms with van der Waals surface area (Å²) in [5, 5.41) is 8.44. The molecule has 0 unspecified atom stereocenters. The summed E-state index contributed by atoms with van der Waals surface area (Å²) in [5.41, 5.74) is 10.5. The van der Waals surface area contributed by atoms with Crippen molar-refractivity contribution in [2.75, 3.05) is 13.1 Å². The van der Waals surface area contributed by atoms with Crippen LogP contribution in [0.2, 0.25) is 0 Å². The first-order chi connectivity index (χ1) is 16.5. The van der Waals surface area contributed by atoms with E-state index in [0.717, 1.165) is 10.9 Å². The first-order valence-electron chi connectivity index (χ1n) is 11.7. The van der Waals surface area contributed by atoms with Crippen LogP contribution in [0.5, 0.6) is 0 Å². The van der Waals surface area contributed by atoms with E-state index in [1.54, 1.807) is 24.2 Å². The van der Waals surface area contributed by atoms with E-state index < -0.39 is 11.9 Å². The second-order valence-corrected chi connectivity index (χ2v) is 10.3. The molecule has 1 atom stereocenters. The molecule has 4 heterocycles. The van der Waals surface area contributed by atoms with Gasteiger partial charge in [-0.3, -0.25) is 14.3 Å². The van der Waals surface area contributed by atoms with E-state index in [0.29, 0.717) is 41.2 Å². The van der Waals surface area contributed by atoms with Crippen LogP contribution in [0.4, 0.5) is 0 Å². The molecule has 1 fully saturated rings. The van der Waals surface area contributed by atoms with E-state index in [9.17, 15) is 9.59 Å². The lowest BCUT2D eigenvalue weighted by Crippen LogP contribution is -2.61. The number of hydrogen-bond acceptors (Lipinski definition) is 6. The summed E-state index contributed by atoms with van der Waals surface area (Å²) >= 11 is 0. The number of nitrogens with two attached hydrogens (primary N) is 1. The summed E-state index contributed by atoms with van der Waals surface area (Å²) in [6.45, 7) is 9.22. The van der Waals surface area contributed by atoms with Gasteiger partial charge in [0.15, 0.2) is 5.65 Å². The highest BCUT2D eigenvalue weighted by molar-refractivity contribution is 6.06. The molecule has 2 amide bonds. The molecular weight excluding hydrogens is 444 g/mol. The molecule has 4 aromatic rings. The first-order valence-corrected chi connectivity index (χ1v) is 11.7. The molecule has 0 bridgehead atoms. The Bertz CT molecular complexity index is 1460. The molecule has 5 rings (SSSR count). The number of likely N-dealkylation sites (tertiary alicyclic amines) is 1. The Balaban J connectivity index is 1.46.